The standard InChI is InChI=1S/C22H19ClF7N3O4/c1-10-2-3-11-15-12(17(34)13(18(35)36)9-33(10)15)8-14(23)16(11)31-4-6-32(7-5-31)19(37)20(24,25)21(26,27)22(28,29)30/h8-10H,2-7H2,1H3,(H,35,36). The number of piperazine rings is 1. The van der Waals surface area contributed by atoms with Gasteiger partial charge in [-0.2, -0.15) is 30.7 Å². The number of aromatic carboxylic acids is 1. The molecule has 1 atom stereocenters. The second-order valence-corrected chi connectivity index (χ2v) is 9.39. The van der Waals surface area contributed by atoms with Crippen molar-refractivity contribution < 1.29 is 45.4 Å². The minimum absolute atomic E-state index is 0.0388. The number of anilines is 1. The molecule has 2 aliphatic rings. The van der Waals surface area contributed by atoms with Crippen LogP contribution in [0.25, 0.3) is 10.9 Å². The van der Waals surface area contributed by atoms with Crippen molar-refractivity contribution in [3.8, 4) is 0 Å². The second kappa shape index (κ2) is 8.77. The lowest BCUT2D eigenvalue weighted by Crippen LogP contribution is -2.62. The summed E-state index contributed by atoms with van der Waals surface area (Å²) in [5.41, 5.74) is 0.202. The van der Waals surface area contributed by atoms with Crippen molar-refractivity contribution in [2.45, 2.75) is 43.8 Å². The summed E-state index contributed by atoms with van der Waals surface area (Å²) < 4.78 is 93.5. The van der Waals surface area contributed by atoms with E-state index in [0.29, 0.717) is 29.6 Å². The van der Waals surface area contributed by atoms with Crippen molar-refractivity contribution >= 4 is 40.1 Å². The number of hydrogen-bond acceptors (Lipinski definition) is 4. The van der Waals surface area contributed by atoms with Crippen LogP contribution in [0, 0.1) is 0 Å². The van der Waals surface area contributed by atoms with Gasteiger partial charge in [0.1, 0.15) is 5.56 Å². The van der Waals surface area contributed by atoms with Gasteiger partial charge in [0.15, 0.2) is 0 Å². The molecular weight excluding hydrogens is 539 g/mol. The molecule has 0 bridgehead atoms. The number of pyridine rings is 1. The summed E-state index contributed by atoms with van der Waals surface area (Å²) in [6.07, 6.45) is -4.44. The summed E-state index contributed by atoms with van der Waals surface area (Å²) in [6, 6.07) is 1.11. The molecule has 1 fully saturated rings. The molecule has 15 heteroatoms. The zero-order valence-electron chi connectivity index (χ0n) is 19.0. The highest BCUT2D eigenvalue weighted by molar-refractivity contribution is 6.34. The van der Waals surface area contributed by atoms with Crippen LogP contribution in [0.4, 0.5) is 36.4 Å². The predicted molar refractivity (Wildman–Crippen MR) is 118 cm³/mol. The molecular formula is C22H19ClF7N3O4. The van der Waals surface area contributed by atoms with E-state index in [-0.39, 0.29) is 34.4 Å². The molecule has 1 aromatic heterocycles. The molecule has 2 aliphatic heterocycles. The fourth-order valence-electron chi connectivity index (χ4n) is 4.77. The summed E-state index contributed by atoms with van der Waals surface area (Å²) in [6.45, 7) is 0.220. The van der Waals surface area contributed by atoms with Crippen molar-refractivity contribution in [1.29, 1.82) is 0 Å². The molecule has 1 amide bonds. The molecule has 1 N–H and O–H groups in total. The number of alkyl halides is 7. The minimum Gasteiger partial charge on any atom is -0.477 e. The molecule has 3 heterocycles. The number of aromatic nitrogens is 1. The predicted octanol–water partition coefficient (Wildman–Crippen LogP) is 4.34. The van der Waals surface area contributed by atoms with E-state index in [9.17, 15) is 50.2 Å². The SMILES string of the molecule is CC1CCc2c(N3CCN(C(=O)C(F)(F)C(F)(F)C(F)(F)F)CC3)c(Cl)cc3c(=O)c(C(=O)O)cn1c23. The van der Waals surface area contributed by atoms with Crippen molar-refractivity contribution in [3.63, 3.8) is 0 Å². The van der Waals surface area contributed by atoms with Crippen LogP contribution in [0.3, 0.4) is 0 Å². The largest absolute Gasteiger partial charge is 0.477 e. The Balaban J connectivity index is 1.68. The van der Waals surface area contributed by atoms with Gasteiger partial charge in [0.2, 0.25) is 5.43 Å². The molecule has 0 aliphatic carbocycles. The molecule has 37 heavy (non-hydrogen) atoms. The normalized spacial score (nSPS) is 18.9. The number of halogens is 8. The third-order valence-corrected chi connectivity index (χ3v) is 7.05. The molecule has 1 aromatic carbocycles. The van der Waals surface area contributed by atoms with Gasteiger partial charge < -0.3 is 19.5 Å². The van der Waals surface area contributed by atoms with Gasteiger partial charge in [0.05, 0.1) is 16.2 Å². The molecule has 4 rings (SSSR count). The lowest BCUT2D eigenvalue weighted by atomic mass is 9.93. The van der Waals surface area contributed by atoms with Gasteiger partial charge in [0.25, 0.3) is 5.91 Å². The number of nitrogens with zero attached hydrogens (tertiary/aromatic N) is 3. The molecule has 2 aromatic rings. The van der Waals surface area contributed by atoms with Gasteiger partial charge in [-0.1, -0.05) is 11.6 Å². The van der Waals surface area contributed by atoms with E-state index < -0.39 is 54.0 Å². The highest BCUT2D eigenvalue weighted by Crippen LogP contribution is 2.47. The quantitative estimate of drug-likeness (QED) is 0.566. The Morgan fingerprint density at radius 2 is 1.65 bits per heavy atom. The van der Waals surface area contributed by atoms with Gasteiger partial charge in [-0.05, 0) is 25.8 Å². The average molecular weight is 558 g/mol. The number of aryl methyl sites for hydroxylation is 1. The van der Waals surface area contributed by atoms with Crippen LogP contribution in [0.1, 0.15) is 35.3 Å². The third-order valence-electron chi connectivity index (χ3n) is 6.76. The van der Waals surface area contributed by atoms with E-state index in [1.54, 1.807) is 9.47 Å². The number of carboxylic acids is 1. The zero-order chi connectivity index (χ0) is 27.7. The Labute approximate surface area is 209 Å². The Kier molecular flexibility index (Phi) is 6.41. The molecule has 0 saturated carbocycles. The van der Waals surface area contributed by atoms with Gasteiger partial charge in [-0.15, -0.1) is 0 Å². The maximum atomic E-state index is 13.9. The van der Waals surface area contributed by atoms with Gasteiger partial charge in [-0.25, -0.2) is 4.79 Å². The van der Waals surface area contributed by atoms with Crippen molar-refractivity contribution in [1.82, 2.24) is 9.47 Å². The lowest BCUT2D eigenvalue weighted by molar-refractivity contribution is -0.346. The summed E-state index contributed by atoms with van der Waals surface area (Å²) in [7, 11) is 0. The first-order valence-corrected chi connectivity index (χ1v) is 11.4. The van der Waals surface area contributed by atoms with E-state index >= 15 is 0 Å². The first kappa shape index (κ1) is 27.0. The van der Waals surface area contributed by atoms with Crippen LogP contribution in [0.2, 0.25) is 5.02 Å². The topological polar surface area (TPSA) is 82.8 Å². The summed E-state index contributed by atoms with van der Waals surface area (Å²) in [5, 5.41) is 9.53. The highest BCUT2D eigenvalue weighted by atomic mass is 35.5. The van der Waals surface area contributed by atoms with Crippen LogP contribution in [0.15, 0.2) is 17.1 Å². The second-order valence-electron chi connectivity index (χ2n) is 8.98. The number of carbonyl (C=O) groups excluding carboxylic acids is 1. The first-order chi connectivity index (χ1) is 17.0. The fraction of sp³-hybridized carbons (Fsp3) is 0.500. The Morgan fingerprint density at radius 3 is 2.19 bits per heavy atom. The molecule has 1 saturated heterocycles. The van der Waals surface area contributed by atoms with Crippen LogP contribution < -0.4 is 10.3 Å². The highest BCUT2D eigenvalue weighted by Gasteiger charge is 2.76. The fourth-order valence-corrected chi connectivity index (χ4v) is 5.12. The van der Waals surface area contributed by atoms with Crippen molar-refractivity contribution in [3.05, 3.63) is 38.6 Å². The lowest BCUT2D eigenvalue weighted by Gasteiger charge is -2.40. The molecule has 202 valence electrons. The van der Waals surface area contributed by atoms with Gasteiger partial charge in [0, 0.05) is 49.4 Å². The number of benzene rings is 1. The zero-order valence-corrected chi connectivity index (χ0v) is 19.8. The van der Waals surface area contributed by atoms with E-state index in [2.05, 4.69) is 0 Å². The summed E-state index contributed by atoms with van der Waals surface area (Å²) in [4.78, 5) is 38.2. The van der Waals surface area contributed by atoms with E-state index in [1.807, 2.05) is 6.92 Å². The Morgan fingerprint density at radius 1 is 1.05 bits per heavy atom. The molecule has 1 unspecified atom stereocenters. The number of hydrogen-bond donors (Lipinski definition) is 1. The number of carboxylic acid groups (broad SMARTS) is 1. The van der Waals surface area contributed by atoms with E-state index in [1.165, 1.54) is 12.3 Å². The van der Waals surface area contributed by atoms with Crippen molar-refractivity contribution in [2.24, 2.45) is 0 Å². The average Bonchev–Trinajstić information content (AvgIpc) is 2.81. The molecule has 7 nitrogen and oxygen atoms in total. The van der Waals surface area contributed by atoms with E-state index in [4.69, 9.17) is 11.6 Å². The maximum absolute atomic E-state index is 13.9. The van der Waals surface area contributed by atoms with Crippen LogP contribution >= 0.6 is 11.6 Å². The molecule has 0 spiro atoms. The summed E-state index contributed by atoms with van der Waals surface area (Å²) >= 11 is 6.46. The third kappa shape index (κ3) is 4.09. The Hall–Kier alpha value is -3.03. The van der Waals surface area contributed by atoms with Gasteiger partial charge in [-0.3, -0.25) is 9.59 Å². The van der Waals surface area contributed by atoms with Crippen molar-refractivity contribution in [2.75, 3.05) is 31.1 Å². The minimum atomic E-state index is -6.62. The van der Waals surface area contributed by atoms with Crippen LogP contribution in [0.5, 0.6) is 0 Å². The Bertz CT molecular complexity index is 1350. The van der Waals surface area contributed by atoms with Gasteiger partial charge >= 0.3 is 24.0 Å². The van der Waals surface area contributed by atoms with Crippen LogP contribution in [-0.4, -0.2) is 70.7 Å². The smallest absolute Gasteiger partial charge is 0.460 e. The maximum Gasteiger partial charge on any atom is 0.460 e. The monoisotopic (exact) mass is 557 g/mol. The summed E-state index contributed by atoms with van der Waals surface area (Å²) in [5.74, 6) is -16.6. The number of rotatable bonds is 4. The van der Waals surface area contributed by atoms with Crippen LogP contribution in [-0.2, 0) is 11.2 Å². The van der Waals surface area contributed by atoms with E-state index in [0.717, 1.165) is 0 Å². The molecule has 0 radical (unpaired) electrons. The first-order valence-electron chi connectivity index (χ1n) is 11.0. The number of amides is 1. The number of carbonyl (C=O) groups is 2.